The van der Waals surface area contributed by atoms with Crippen LogP contribution >= 0.6 is 0 Å². The SMILES string of the molecule is CCC(CC)CC(C)(F)F. The molecule has 0 spiro atoms. The van der Waals surface area contributed by atoms with E-state index in [4.69, 9.17) is 0 Å². The normalized spacial score (nSPS) is 12.6. The molecule has 10 heavy (non-hydrogen) atoms. The number of hydrogen-bond donors (Lipinski definition) is 0. The zero-order valence-corrected chi connectivity index (χ0v) is 6.95. The Morgan fingerprint density at radius 3 is 1.70 bits per heavy atom. The average Bonchev–Trinajstić information content (AvgIpc) is 1.81. The van der Waals surface area contributed by atoms with E-state index >= 15 is 0 Å². The summed E-state index contributed by atoms with van der Waals surface area (Å²) in [5.74, 6) is -2.28. The third kappa shape index (κ3) is 4.71. The fourth-order valence-corrected chi connectivity index (χ4v) is 1.08. The Balaban J connectivity index is 3.63. The molecular formula is C8H16F2. The summed E-state index contributed by atoms with van der Waals surface area (Å²) in [5.41, 5.74) is 0. The molecule has 0 fully saturated rings. The van der Waals surface area contributed by atoms with Crippen molar-refractivity contribution < 1.29 is 8.78 Å². The molecule has 0 atom stereocenters. The monoisotopic (exact) mass is 150 g/mol. The second-order valence-corrected chi connectivity index (χ2v) is 2.96. The van der Waals surface area contributed by atoms with Crippen molar-refractivity contribution in [1.82, 2.24) is 0 Å². The maximum atomic E-state index is 12.3. The topological polar surface area (TPSA) is 0 Å². The van der Waals surface area contributed by atoms with Crippen LogP contribution in [0, 0.1) is 5.92 Å². The molecule has 0 aromatic heterocycles. The van der Waals surface area contributed by atoms with Crippen molar-refractivity contribution >= 4 is 0 Å². The molecule has 0 unspecified atom stereocenters. The van der Waals surface area contributed by atoms with Crippen molar-refractivity contribution in [3.8, 4) is 0 Å². The van der Waals surface area contributed by atoms with E-state index in [9.17, 15) is 8.78 Å². The lowest BCUT2D eigenvalue weighted by molar-refractivity contribution is -0.00460. The van der Waals surface area contributed by atoms with Crippen LogP contribution in [0.1, 0.15) is 40.0 Å². The van der Waals surface area contributed by atoms with E-state index in [0.29, 0.717) is 0 Å². The number of rotatable bonds is 4. The highest BCUT2D eigenvalue weighted by molar-refractivity contribution is 4.64. The first-order valence-corrected chi connectivity index (χ1v) is 3.87. The third-order valence-electron chi connectivity index (χ3n) is 1.80. The summed E-state index contributed by atoms with van der Waals surface area (Å²) >= 11 is 0. The standard InChI is InChI=1S/C8H16F2/c1-4-7(5-2)6-8(3,9)10/h7H,4-6H2,1-3H3. The summed E-state index contributed by atoms with van der Waals surface area (Å²) in [6.07, 6.45) is 1.76. The largest absolute Gasteiger partial charge is 0.245 e. The average molecular weight is 150 g/mol. The van der Waals surface area contributed by atoms with Crippen molar-refractivity contribution in [3.63, 3.8) is 0 Å². The Morgan fingerprint density at radius 2 is 1.60 bits per heavy atom. The molecule has 0 N–H and O–H groups in total. The maximum absolute atomic E-state index is 12.3. The van der Waals surface area contributed by atoms with Gasteiger partial charge >= 0.3 is 0 Å². The van der Waals surface area contributed by atoms with Crippen LogP contribution in [0.3, 0.4) is 0 Å². The van der Waals surface area contributed by atoms with Gasteiger partial charge in [-0.25, -0.2) is 8.78 Å². The van der Waals surface area contributed by atoms with Crippen molar-refractivity contribution in [2.45, 2.75) is 46.0 Å². The van der Waals surface area contributed by atoms with Crippen LogP contribution < -0.4 is 0 Å². The van der Waals surface area contributed by atoms with Gasteiger partial charge in [0.2, 0.25) is 5.92 Å². The molecule has 0 aromatic rings. The van der Waals surface area contributed by atoms with Gasteiger partial charge in [0.1, 0.15) is 0 Å². The zero-order chi connectivity index (χ0) is 8.20. The molecular weight excluding hydrogens is 134 g/mol. The lowest BCUT2D eigenvalue weighted by Gasteiger charge is -2.16. The van der Waals surface area contributed by atoms with Crippen LogP contribution in [0.25, 0.3) is 0 Å². The Bertz CT molecular complexity index is 79.7. The lowest BCUT2D eigenvalue weighted by atomic mass is 9.96. The maximum Gasteiger partial charge on any atom is 0.245 e. The van der Waals surface area contributed by atoms with Gasteiger partial charge in [0.25, 0.3) is 0 Å². The van der Waals surface area contributed by atoms with Crippen LogP contribution in [0.2, 0.25) is 0 Å². The van der Waals surface area contributed by atoms with Crippen molar-refractivity contribution in [2.75, 3.05) is 0 Å². The second kappa shape index (κ2) is 3.89. The van der Waals surface area contributed by atoms with Crippen molar-refractivity contribution in [2.24, 2.45) is 5.92 Å². The van der Waals surface area contributed by atoms with Gasteiger partial charge in [0.15, 0.2) is 0 Å². The van der Waals surface area contributed by atoms with E-state index in [2.05, 4.69) is 0 Å². The highest BCUT2D eigenvalue weighted by atomic mass is 19.3. The van der Waals surface area contributed by atoms with Crippen molar-refractivity contribution in [3.05, 3.63) is 0 Å². The molecule has 0 radical (unpaired) electrons. The molecule has 0 rings (SSSR count). The van der Waals surface area contributed by atoms with Gasteiger partial charge in [-0.1, -0.05) is 26.7 Å². The Kier molecular flexibility index (Phi) is 3.84. The predicted molar refractivity (Wildman–Crippen MR) is 39.3 cm³/mol. The Hall–Kier alpha value is -0.140. The summed E-state index contributed by atoms with van der Waals surface area (Å²) in [6.45, 7) is 4.91. The summed E-state index contributed by atoms with van der Waals surface area (Å²) in [4.78, 5) is 0. The highest BCUT2D eigenvalue weighted by Crippen LogP contribution is 2.25. The molecule has 0 amide bonds. The molecule has 0 aliphatic rings. The molecule has 0 saturated heterocycles. The van der Waals surface area contributed by atoms with Gasteiger partial charge in [-0.15, -0.1) is 0 Å². The van der Waals surface area contributed by atoms with E-state index in [1.807, 2.05) is 13.8 Å². The first-order chi connectivity index (χ1) is 4.49. The van der Waals surface area contributed by atoms with Crippen LogP contribution in [-0.4, -0.2) is 5.92 Å². The summed E-state index contributed by atoms with van der Waals surface area (Å²) in [6, 6.07) is 0. The molecule has 2 heteroatoms. The van der Waals surface area contributed by atoms with Gasteiger partial charge < -0.3 is 0 Å². The predicted octanol–water partition coefficient (Wildman–Crippen LogP) is 3.47. The smallest absolute Gasteiger partial charge is 0.207 e. The van der Waals surface area contributed by atoms with Gasteiger partial charge in [0.05, 0.1) is 0 Å². The molecule has 0 aromatic carbocycles. The molecule has 0 aliphatic heterocycles. The summed E-state index contributed by atoms with van der Waals surface area (Å²) in [7, 11) is 0. The number of halogens is 2. The molecule has 0 saturated carbocycles. The quantitative estimate of drug-likeness (QED) is 0.575. The van der Waals surface area contributed by atoms with E-state index < -0.39 is 5.92 Å². The molecule has 62 valence electrons. The van der Waals surface area contributed by atoms with E-state index in [0.717, 1.165) is 19.8 Å². The van der Waals surface area contributed by atoms with Crippen LogP contribution in [-0.2, 0) is 0 Å². The van der Waals surface area contributed by atoms with Gasteiger partial charge in [0, 0.05) is 6.42 Å². The number of alkyl halides is 2. The molecule has 0 heterocycles. The van der Waals surface area contributed by atoms with Gasteiger partial charge in [-0.05, 0) is 12.8 Å². The number of hydrogen-bond acceptors (Lipinski definition) is 0. The zero-order valence-electron chi connectivity index (χ0n) is 6.95. The van der Waals surface area contributed by atoms with Crippen LogP contribution in [0.4, 0.5) is 8.78 Å². The molecule has 0 bridgehead atoms. The minimum Gasteiger partial charge on any atom is -0.207 e. The van der Waals surface area contributed by atoms with E-state index in [-0.39, 0.29) is 12.3 Å². The van der Waals surface area contributed by atoms with Gasteiger partial charge in [-0.2, -0.15) is 0 Å². The minimum atomic E-state index is -2.48. The van der Waals surface area contributed by atoms with Crippen LogP contribution in [0.15, 0.2) is 0 Å². The Labute approximate surface area is 61.6 Å². The van der Waals surface area contributed by atoms with E-state index in [1.165, 1.54) is 0 Å². The third-order valence-corrected chi connectivity index (χ3v) is 1.80. The minimum absolute atomic E-state index is 0.0417. The van der Waals surface area contributed by atoms with Crippen LogP contribution in [0.5, 0.6) is 0 Å². The fraction of sp³-hybridized carbons (Fsp3) is 1.00. The summed E-state index contributed by atoms with van der Waals surface area (Å²) in [5, 5.41) is 0. The summed E-state index contributed by atoms with van der Waals surface area (Å²) < 4.78 is 24.7. The van der Waals surface area contributed by atoms with Gasteiger partial charge in [-0.3, -0.25) is 0 Å². The first-order valence-electron chi connectivity index (χ1n) is 3.87. The first kappa shape index (κ1) is 9.86. The highest BCUT2D eigenvalue weighted by Gasteiger charge is 2.24. The molecule has 0 nitrogen and oxygen atoms in total. The molecule has 0 aliphatic carbocycles. The van der Waals surface area contributed by atoms with Crippen molar-refractivity contribution in [1.29, 1.82) is 0 Å². The lowest BCUT2D eigenvalue weighted by Crippen LogP contribution is -2.15. The Morgan fingerprint density at radius 1 is 1.20 bits per heavy atom. The van der Waals surface area contributed by atoms with E-state index in [1.54, 1.807) is 0 Å². The fourth-order valence-electron chi connectivity index (χ4n) is 1.08. The second-order valence-electron chi connectivity index (χ2n) is 2.96.